The Hall–Kier alpha value is -5.86. The van der Waals surface area contributed by atoms with Crippen LogP contribution in [0.5, 0.6) is 0 Å². The van der Waals surface area contributed by atoms with E-state index in [-0.39, 0.29) is 30.0 Å². The highest BCUT2D eigenvalue weighted by Crippen LogP contribution is 2.21. The number of H-pyrrole nitrogens is 1. The van der Waals surface area contributed by atoms with Crippen molar-refractivity contribution < 1.29 is 24.6 Å². The van der Waals surface area contributed by atoms with Crippen LogP contribution in [0.25, 0.3) is 10.9 Å². The van der Waals surface area contributed by atoms with Gasteiger partial charge in [-0.1, -0.05) is 18.2 Å². The van der Waals surface area contributed by atoms with E-state index in [0.717, 1.165) is 10.9 Å². The van der Waals surface area contributed by atoms with Crippen LogP contribution < -0.4 is 27.2 Å². The number of hydrogen-bond donors (Lipinski definition) is 7. The summed E-state index contributed by atoms with van der Waals surface area (Å²) < 4.78 is 0. The molecule has 42 heavy (non-hydrogen) atoms. The van der Waals surface area contributed by atoms with Crippen molar-refractivity contribution in [1.82, 2.24) is 25.3 Å². The number of amides is 1. The quantitative estimate of drug-likeness (QED) is 0.151. The minimum atomic E-state index is -1.31. The number of nitrogens with zero attached hydrogens (tertiary/aromatic N) is 4. The lowest BCUT2D eigenvalue weighted by Crippen LogP contribution is -2.41. The molecule has 0 aliphatic carbocycles. The molecule has 0 radical (unpaired) electrons. The fraction of sp³-hybridized carbons (Fsp3) is 0.185. The highest BCUT2D eigenvalue weighted by molar-refractivity contribution is 5.98. The predicted octanol–water partition coefficient (Wildman–Crippen LogP) is 1.64. The van der Waals surface area contributed by atoms with Crippen molar-refractivity contribution in [3.8, 4) is 0 Å². The summed E-state index contributed by atoms with van der Waals surface area (Å²) in [6.45, 7) is 0.682. The topological polar surface area (TPSA) is 238 Å². The maximum Gasteiger partial charge on any atom is 0.326 e. The van der Waals surface area contributed by atoms with Gasteiger partial charge >= 0.3 is 11.9 Å². The third-order valence-electron chi connectivity index (χ3n) is 5.95. The largest absolute Gasteiger partial charge is 0.481 e. The van der Waals surface area contributed by atoms with E-state index in [0.29, 0.717) is 30.3 Å². The number of aromatic amines is 1. The smallest absolute Gasteiger partial charge is 0.326 e. The lowest BCUT2D eigenvalue weighted by Gasteiger charge is -2.17. The number of aromatic nitrogens is 4. The van der Waals surface area contributed by atoms with Crippen molar-refractivity contribution in [1.29, 1.82) is 0 Å². The Morgan fingerprint density at radius 1 is 1.07 bits per heavy atom. The molecule has 5 rings (SSSR count). The Morgan fingerprint density at radius 3 is 2.55 bits per heavy atom. The number of aliphatic carboxylic acids is 2. The maximum absolute atomic E-state index is 12.3. The summed E-state index contributed by atoms with van der Waals surface area (Å²) in [5, 5.41) is 27.3. The summed E-state index contributed by atoms with van der Waals surface area (Å²) in [7, 11) is 0. The first-order chi connectivity index (χ1) is 20.2. The molecule has 3 heterocycles. The highest BCUT2D eigenvalue weighted by atomic mass is 16.4. The number of rotatable bonds is 9. The van der Waals surface area contributed by atoms with E-state index in [4.69, 9.17) is 15.9 Å². The van der Waals surface area contributed by atoms with Gasteiger partial charge in [0.15, 0.2) is 11.5 Å². The van der Waals surface area contributed by atoms with Gasteiger partial charge in [-0.15, -0.1) is 0 Å². The first-order valence-electron chi connectivity index (χ1n) is 12.6. The normalized spacial score (nSPS) is 12.4. The molecule has 0 unspecified atom stereocenters. The average Bonchev–Trinajstić information content (AvgIpc) is 2.98. The number of hydrogen-bond acceptors (Lipinski definition) is 11. The number of para-hydroxylation sites is 1. The van der Waals surface area contributed by atoms with Gasteiger partial charge in [-0.05, 0) is 36.8 Å². The van der Waals surface area contributed by atoms with Crippen LogP contribution in [0.15, 0.2) is 70.8 Å². The molecule has 2 aromatic carbocycles. The van der Waals surface area contributed by atoms with E-state index in [1.165, 1.54) is 12.1 Å². The van der Waals surface area contributed by atoms with Gasteiger partial charge in [0.25, 0.3) is 11.5 Å². The molecule has 1 aliphatic heterocycles. The molecule has 216 valence electrons. The molecular weight excluding hydrogens is 546 g/mol. The molecular formula is C27H27N9O6. The number of carbonyl (C=O) groups excluding carboxylic acids is 1. The van der Waals surface area contributed by atoms with E-state index in [1.807, 2.05) is 30.5 Å². The highest BCUT2D eigenvalue weighted by Gasteiger charge is 2.22. The molecule has 2 aromatic heterocycles. The van der Waals surface area contributed by atoms with Crippen LogP contribution in [0, 0.1) is 0 Å². The summed E-state index contributed by atoms with van der Waals surface area (Å²) >= 11 is 0. The number of carboxylic acid groups (broad SMARTS) is 2. The van der Waals surface area contributed by atoms with Gasteiger partial charge in [0.1, 0.15) is 12.4 Å². The first kappa shape index (κ1) is 29.1. The summed E-state index contributed by atoms with van der Waals surface area (Å²) in [5.41, 5.74) is 7.74. The summed E-state index contributed by atoms with van der Waals surface area (Å²) in [4.78, 5) is 64.7. The number of carboxylic acids is 2. The van der Waals surface area contributed by atoms with Crippen molar-refractivity contribution in [2.45, 2.75) is 18.9 Å². The number of aliphatic imine (C=N–C) groups is 1. The molecule has 1 amide bonds. The number of carbonyl (C=O) groups is 3. The van der Waals surface area contributed by atoms with Gasteiger partial charge < -0.3 is 31.9 Å². The molecule has 0 bridgehead atoms. The molecule has 15 heteroatoms. The van der Waals surface area contributed by atoms with Gasteiger partial charge in [0.2, 0.25) is 5.95 Å². The molecule has 0 fully saturated rings. The third-order valence-corrected chi connectivity index (χ3v) is 5.95. The van der Waals surface area contributed by atoms with Gasteiger partial charge in [-0.3, -0.25) is 19.4 Å². The zero-order valence-corrected chi connectivity index (χ0v) is 22.1. The molecule has 8 N–H and O–H groups in total. The van der Waals surface area contributed by atoms with Crippen molar-refractivity contribution in [2.75, 3.05) is 29.5 Å². The SMILES string of the molecule is Nc1nc2c(c(=O)[nH]1)N=C(CNc1ccc(C(=O)N[C@@H](CCC(=O)O)C(=O)O)cc1)CN2.c1ccc2ncncc2c1. The van der Waals surface area contributed by atoms with Crippen LogP contribution in [0.2, 0.25) is 0 Å². The van der Waals surface area contributed by atoms with E-state index in [2.05, 4.69) is 40.9 Å². The first-order valence-corrected chi connectivity index (χ1v) is 12.6. The Balaban J connectivity index is 0.000000337. The van der Waals surface area contributed by atoms with Crippen molar-refractivity contribution >= 4 is 57.6 Å². The zero-order chi connectivity index (χ0) is 30.1. The Kier molecular flexibility index (Phi) is 9.34. The number of nitrogens with two attached hydrogens (primary N) is 1. The van der Waals surface area contributed by atoms with Crippen LogP contribution in [-0.4, -0.2) is 72.8 Å². The number of anilines is 3. The summed E-state index contributed by atoms with van der Waals surface area (Å²) in [6.07, 6.45) is 2.77. The molecule has 1 aliphatic rings. The fourth-order valence-electron chi connectivity index (χ4n) is 3.83. The van der Waals surface area contributed by atoms with Crippen LogP contribution in [0.3, 0.4) is 0 Å². The predicted molar refractivity (Wildman–Crippen MR) is 155 cm³/mol. The Bertz CT molecular complexity index is 1620. The van der Waals surface area contributed by atoms with Crippen molar-refractivity contribution in [2.24, 2.45) is 4.99 Å². The van der Waals surface area contributed by atoms with Gasteiger partial charge in [0.05, 0.1) is 24.3 Å². The van der Waals surface area contributed by atoms with Crippen LogP contribution in [-0.2, 0) is 9.59 Å². The second-order valence-electron chi connectivity index (χ2n) is 8.99. The number of nitrogens with one attached hydrogen (secondary N) is 4. The molecule has 15 nitrogen and oxygen atoms in total. The number of fused-ring (bicyclic) bond motifs is 2. The Morgan fingerprint density at radius 2 is 1.83 bits per heavy atom. The number of benzene rings is 2. The lowest BCUT2D eigenvalue weighted by molar-refractivity contribution is -0.140. The maximum atomic E-state index is 12.3. The fourth-order valence-corrected chi connectivity index (χ4v) is 3.83. The Labute approximate surface area is 238 Å². The minimum Gasteiger partial charge on any atom is -0.481 e. The van der Waals surface area contributed by atoms with E-state index >= 15 is 0 Å². The van der Waals surface area contributed by atoms with Crippen LogP contribution in [0.1, 0.15) is 23.2 Å². The molecule has 4 aromatic rings. The average molecular weight is 574 g/mol. The standard InChI is InChI=1S/C19H21N7O6.C8H6N2/c20-19-25-15-14(17(30)26-19)23-11(8-22-15)7-21-10-3-1-9(2-4-10)16(29)24-12(18(31)32)5-6-13(27)28;1-2-4-8-7(3-1)5-9-6-10-8/h1-4,12,21H,5-8H2,(H,24,29)(H,27,28)(H,31,32)(H4,20,22,25,26,30);1-6H/t12-;/m0./s1. The minimum absolute atomic E-state index is 0.00119. The number of nitrogen functional groups attached to an aromatic ring is 1. The zero-order valence-electron chi connectivity index (χ0n) is 22.1. The monoisotopic (exact) mass is 573 g/mol. The third kappa shape index (κ3) is 7.84. The lowest BCUT2D eigenvalue weighted by atomic mass is 10.1. The van der Waals surface area contributed by atoms with Gasteiger partial charge in [-0.25, -0.2) is 19.8 Å². The molecule has 0 saturated carbocycles. The van der Waals surface area contributed by atoms with E-state index < -0.39 is 29.4 Å². The van der Waals surface area contributed by atoms with Crippen molar-refractivity contribution in [3.63, 3.8) is 0 Å². The molecule has 0 saturated heterocycles. The second-order valence-corrected chi connectivity index (χ2v) is 8.99. The van der Waals surface area contributed by atoms with Crippen LogP contribution >= 0.6 is 0 Å². The van der Waals surface area contributed by atoms with E-state index in [9.17, 15) is 19.2 Å². The molecule has 1 atom stereocenters. The van der Waals surface area contributed by atoms with Crippen LogP contribution in [0.4, 0.5) is 23.1 Å². The van der Waals surface area contributed by atoms with Gasteiger partial charge in [-0.2, -0.15) is 4.98 Å². The molecule has 0 spiro atoms. The van der Waals surface area contributed by atoms with Gasteiger partial charge in [0, 0.05) is 29.3 Å². The second kappa shape index (κ2) is 13.5. The van der Waals surface area contributed by atoms with E-state index in [1.54, 1.807) is 18.5 Å². The summed E-state index contributed by atoms with van der Waals surface area (Å²) in [6, 6.07) is 12.9. The summed E-state index contributed by atoms with van der Waals surface area (Å²) in [5.74, 6) is -2.77. The van der Waals surface area contributed by atoms with Crippen molar-refractivity contribution in [3.05, 3.63) is 77.0 Å².